The van der Waals surface area contributed by atoms with Gasteiger partial charge in [0.25, 0.3) is 10.0 Å². The molecule has 35 heavy (non-hydrogen) atoms. The molecule has 0 spiro atoms. The van der Waals surface area contributed by atoms with E-state index in [1.807, 2.05) is 4.90 Å². The average molecular weight is 511 g/mol. The van der Waals surface area contributed by atoms with Crippen LogP contribution in [0.3, 0.4) is 0 Å². The first kappa shape index (κ1) is 25.1. The van der Waals surface area contributed by atoms with Crippen LogP contribution in [0.25, 0.3) is 0 Å². The molecule has 2 aromatic rings. The maximum absolute atomic E-state index is 13.7. The van der Waals surface area contributed by atoms with E-state index >= 15 is 0 Å². The molecular weight excluding hydrogens is 485 g/mol. The van der Waals surface area contributed by atoms with Crippen molar-refractivity contribution in [3.8, 4) is 5.75 Å². The molecule has 0 amide bonds. The molecule has 1 heterocycles. The molecular formula is C24H25F3N2O5S. The third kappa shape index (κ3) is 5.30. The van der Waals surface area contributed by atoms with Crippen LogP contribution >= 0.6 is 0 Å². The molecule has 2 atom stereocenters. The number of hydrogen-bond donors (Lipinski definition) is 1. The van der Waals surface area contributed by atoms with Gasteiger partial charge in [-0.15, -0.1) is 13.2 Å². The summed E-state index contributed by atoms with van der Waals surface area (Å²) in [6.45, 7) is 6.77. The number of aliphatic carboxylic acids is 1. The van der Waals surface area contributed by atoms with Gasteiger partial charge in [0.1, 0.15) is 5.75 Å². The molecule has 7 nitrogen and oxygen atoms in total. The Morgan fingerprint density at radius 1 is 1.17 bits per heavy atom. The molecule has 1 aliphatic carbocycles. The van der Waals surface area contributed by atoms with Crippen LogP contribution in [0, 0.1) is 5.92 Å². The van der Waals surface area contributed by atoms with Gasteiger partial charge < -0.3 is 9.84 Å². The third-order valence-corrected chi connectivity index (χ3v) is 8.31. The van der Waals surface area contributed by atoms with Crippen molar-refractivity contribution in [2.45, 2.75) is 43.6 Å². The summed E-state index contributed by atoms with van der Waals surface area (Å²) >= 11 is 0. The Balaban J connectivity index is 1.49. The quantitative estimate of drug-likeness (QED) is 0.637. The third-order valence-electron chi connectivity index (χ3n) is 6.24. The smallest absolute Gasteiger partial charge is 0.481 e. The zero-order valence-corrected chi connectivity index (χ0v) is 19.8. The molecule has 11 heteroatoms. The van der Waals surface area contributed by atoms with Crippen molar-refractivity contribution in [1.29, 1.82) is 0 Å². The lowest BCUT2D eigenvalue weighted by Gasteiger charge is -2.41. The SMILES string of the molecule is C=C1CN(Cc2ccc(OC(F)(F)F)cc2)C[C@@H](C)N1S(=O)(=O)c1cccc2c1CC(C(=O)O)C2. The van der Waals surface area contributed by atoms with Gasteiger partial charge in [-0.3, -0.25) is 14.0 Å². The fourth-order valence-corrected chi connectivity index (χ4v) is 6.80. The fourth-order valence-electron chi connectivity index (χ4n) is 4.87. The topological polar surface area (TPSA) is 87.2 Å². The number of sulfonamides is 1. The second-order valence-electron chi connectivity index (χ2n) is 8.91. The lowest BCUT2D eigenvalue weighted by Crippen LogP contribution is -2.51. The number of hydrogen-bond acceptors (Lipinski definition) is 5. The van der Waals surface area contributed by atoms with Crippen LogP contribution < -0.4 is 4.74 Å². The van der Waals surface area contributed by atoms with Gasteiger partial charge in [0.15, 0.2) is 0 Å². The van der Waals surface area contributed by atoms with Gasteiger partial charge in [-0.25, -0.2) is 8.42 Å². The maximum Gasteiger partial charge on any atom is 0.573 e. The van der Waals surface area contributed by atoms with E-state index in [-0.39, 0.29) is 23.6 Å². The Labute approximate surface area is 201 Å². The van der Waals surface area contributed by atoms with Gasteiger partial charge in [0.05, 0.1) is 16.9 Å². The molecule has 188 valence electrons. The van der Waals surface area contributed by atoms with Crippen LogP contribution in [-0.4, -0.2) is 54.2 Å². The molecule has 0 saturated carbocycles. The van der Waals surface area contributed by atoms with Crippen LogP contribution in [0.15, 0.2) is 59.6 Å². The van der Waals surface area contributed by atoms with Crippen LogP contribution in [0.1, 0.15) is 23.6 Å². The minimum absolute atomic E-state index is 0.112. The Morgan fingerprint density at radius 3 is 2.46 bits per heavy atom. The molecule has 1 saturated heterocycles. The first-order chi connectivity index (χ1) is 16.3. The number of fused-ring (bicyclic) bond motifs is 1. The number of benzene rings is 2. The van der Waals surface area contributed by atoms with Crippen molar-refractivity contribution >= 4 is 16.0 Å². The maximum atomic E-state index is 13.7. The van der Waals surface area contributed by atoms with Gasteiger partial charge in [-0.2, -0.15) is 0 Å². The van der Waals surface area contributed by atoms with Crippen molar-refractivity contribution in [1.82, 2.24) is 9.21 Å². The van der Waals surface area contributed by atoms with Crippen LogP contribution in [-0.2, 0) is 34.2 Å². The van der Waals surface area contributed by atoms with Crippen LogP contribution in [0.4, 0.5) is 13.2 Å². The molecule has 1 fully saturated rings. The molecule has 1 aliphatic heterocycles. The van der Waals surface area contributed by atoms with E-state index in [1.54, 1.807) is 19.1 Å². The van der Waals surface area contributed by atoms with Gasteiger partial charge in [-0.1, -0.05) is 30.8 Å². The Hall–Kier alpha value is -3.05. The summed E-state index contributed by atoms with van der Waals surface area (Å²) in [6, 6.07) is 9.99. The summed E-state index contributed by atoms with van der Waals surface area (Å²) in [7, 11) is -3.96. The number of halogens is 3. The highest BCUT2D eigenvalue weighted by Crippen LogP contribution is 2.36. The zero-order valence-electron chi connectivity index (χ0n) is 19.0. The molecule has 2 aliphatic rings. The van der Waals surface area contributed by atoms with E-state index in [9.17, 15) is 31.5 Å². The minimum atomic E-state index is -4.76. The Bertz CT molecular complexity index is 1240. The van der Waals surface area contributed by atoms with Crippen LogP contribution in [0.2, 0.25) is 0 Å². The number of alkyl halides is 3. The molecule has 2 aromatic carbocycles. The number of carboxylic acid groups (broad SMARTS) is 1. The average Bonchev–Trinajstić information content (AvgIpc) is 3.18. The lowest BCUT2D eigenvalue weighted by molar-refractivity contribution is -0.274. The number of carboxylic acids is 1. The zero-order chi connectivity index (χ0) is 25.5. The summed E-state index contributed by atoms with van der Waals surface area (Å²) in [6.07, 6.45) is -4.30. The summed E-state index contributed by atoms with van der Waals surface area (Å²) in [5, 5.41) is 9.39. The second kappa shape index (κ2) is 9.19. The number of rotatable bonds is 6. The molecule has 4 rings (SSSR count). The van der Waals surface area contributed by atoms with Gasteiger partial charge in [-0.05, 0) is 54.7 Å². The predicted octanol–water partition coefficient (Wildman–Crippen LogP) is 3.79. The summed E-state index contributed by atoms with van der Waals surface area (Å²) in [4.78, 5) is 13.5. The molecule has 0 radical (unpaired) electrons. The largest absolute Gasteiger partial charge is 0.573 e. The lowest BCUT2D eigenvalue weighted by atomic mass is 10.1. The summed E-state index contributed by atoms with van der Waals surface area (Å²) in [5.74, 6) is -1.91. The van der Waals surface area contributed by atoms with E-state index in [4.69, 9.17) is 0 Å². The molecule has 0 bridgehead atoms. The first-order valence-electron chi connectivity index (χ1n) is 11.0. The van der Waals surface area contributed by atoms with E-state index in [0.29, 0.717) is 30.8 Å². The predicted molar refractivity (Wildman–Crippen MR) is 121 cm³/mol. The van der Waals surface area contributed by atoms with Crippen molar-refractivity contribution < 1.29 is 36.2 Å². The van der Waals surface area contributed by atoms with Crippen molar-refractivity contribution in [2.24, 2.45) is 5.92 Å². The van der Waals surface area contributed by atoms with E-state index < -0.39 is 34.3 Å². The molecule has 0 aromatic heterocycles. The van der Waals surface area contributed by atoms with Gasteiger partial charge in [0, 0.05) is 25.3 Å². The minimum Gasteiger partial charge on any atom is -0.481 e. The highest BCUT2D eigenvalue weighted by Gasteiger charge is 2.39. The fraction of sp³-hybridized carbons (Fsp3) is 0.375. The Morgan fingerprint density at radius 2 is 1.86 bits per heavy atom. The number of piperazine rings is 1. The number of ether oxygens (including phenoxy) is 1. The number of nitrogens with zero attached hydrogens (tertiary/aromatic N) is 2. The second-order valence-corrected chi connectivity index (χ2v) is 10.7. The number of carbonyl (C=O) groups is 1. The van der Waals surface area contributed by atoms with Gasteiger partial charge in [0.2, 0.25) is 0 Å². The molecule has 1 N–H and O–H groups in total. The monoisotopic (exact) mass is 510 g/mol. The van der Waals surface area contributed by atoms with E-state index in [0.717, 1.165) is 11.1 Å². The van der Waals surface area contributed by atoms with Crippen molar-refractivity contribution in [3.05, 3.63) is 71.4 Å². The van der Waals surface area contributed by atoms with Gasteiger partial charge >= 0.3 is 12.3 Å². The van der Waals surface area contributed by atoms with Crippen molar-refractivity contribution in [3.63, 3.8) is 0 Å². The standard InChI is InChI=1S/C24H25F3N2O5S/c1-15-12-28(14-17-6-8-20(9-7-17)34-24(25,26)27)13-16(2)29(15)35(32,33)22-5-3-4-18-10-19(23(30)31)11-21(18)22/h3-9,16,19H,1,10-14H2,2H3,(H,30,31)/t16-,19?/m1/s1. The highest BCUT2D eigenvalue weighted by atomic mass is 32.2. The van der Waals surface area contributed by atoms with E-state index in [1.165, 1.54) is 34.6 Å². The normalized spacial score (nSPS) is 21.1. The summed E-state index contributed by atoms with van der Waals surface area (Å²) < 4.78 is 69.6. The molecule has 1 unspecified atom stereocenters. The summed E-state index contributed by atoms with van der Waals surface area (Å²) in [5.41, 5.74) is 2.39. The van der Waals surface area contributed by atoms with Crippen molar-refractivity contribution in [2.75, 3.05) is 13.1 Å². The van der Waals surface area contributed by atoms with Crippen LogP contribution in [0.5, 0.6) is 5.75 Å². The highest BCUT2D eigenvalue weighted by molar-refractivity contribution is 7.89. The Kier molecular flexibility index (Phi) is 6.58. The van der Waals surface area contributed by atoms with E-state index in [2.05, 4.69) is 11.3 Å². The first-order valence-corrected chi connectivity index (χ1v) is 12.4.